The molecule has 3 unspecified atom stereocenters. The molecule has 0 saturated heterocycles. The van der Waals surface area contributed by atoms with Crippen molar-refractivity contribution in [3.05, 3.63) is 0 Å². The van der Waals surface area contributed by atoms with Crippen LogP contribution in [0.1, 0.15) is 53.9 Å². The van der Waals surface area contributed by atoms with Crippen molar-refractivity contribution in [2.45, 2.75) is 60.0 Å². The fourth-order valence-corrected chi connectivity index (χ4v) is 1.88. The molecule has 0 bridgehead atoms. The van der Waals surface area contributed by atoms with Gasteiger partial charge in [0.2, 0.25) is 0 Å². The Labute approximate surface area is 83.5 Å². The van der Waals surface area contributed by atoms with Crippen LogP contribution in [-0.4, -0.2) is 11.2 Å². The van der Waals surface area contributed by atoms with E-state index in [9.17, 15) is 5.11 Å². The number of hydrogen-bond acceptors (Lipinski definition) is 1. The van der Waals surface area contributed by atoms with Crippen molar-refractivity contribution in [1.29, 1.82) is 0 Å². The van der Waals surface area contributed by atoms with E-state index in [4.69, 9.17) is 0 Å². The van der Waals surface area contributed by atoms with E-state index in [0.29, 0.717) is 17.8 Å². The number of aliphatic hydroxyl groups is 1. The lowest BCUT2D eigenvalue weighted by molar-refractivity contribution is 0.0695. The summed E-state index contributed by atoms with van der Waals surface area (Å²) >= 11 is 0. The van der Waals surface area contributed by atoms with Gasteiger partial charge in [-0.1, -0.05) is 40.5 Å². The summed E-state index contributed by atoms with van der Waals surface area (Å²) in [5.74, 6) is 1.79. The normalized spacial score (nSPS) is 18.7. The molecule has 0 amide bonds. The van der Waals surface area contributed by atoms with E-state index < -0.39 is 0 Å². The molecule has 1 heteroatoms. The van der Waals surface area contributed by atoms with Gasteiger partial charge in [-0.2, -0.15) is 0 Å². The molecule has 3 atom stereocenters. The topological polar surface area (TPSA) is 20.2 Å². The van der Waals surface area contributed by atoms with Crippen LogP contribution in [0.4, 0.5) is 0 Å². The molecule has 0 radical (unpaired) electrons. The summed E-state index contributed by atoms with van der Waals surface area (Å²) in [7, 11) is 0. The summed E-state index contributed by atoms with van der Waals surface area (Å²) in [6.45, 7) is 10.9. The Kier molecular flexibility index (Phi) is 6.40. The molecule has 0 aliphatic heterocycles. The van der Waals surface area contributed by atoms with E-state index in [0.717, 1.165) is 0 Å². The van der Waals surface area contributed by atoms with Crippen molar-refractivity contribution in [2.75, 3.05) is 0 Å². The van der Waals surface area contributed by atoms with Crippen LogP contribution in [0.2, 0.25) is 0 Å². The Morgan fingerprint density at radius 1 is 1.08 bits per heavy atom. The van der Waals surface area contributed by atoms with Crippen LogP contribution in [0.15, 0.2) is 0 Å². The number of rotatable bonds is 6. The highest BCUT2D eigenvalue weighted by atomic mass is 16.3. The maximum Gasteiger partial charge on any atom is 0.0542 e. The highest BCUT2D eigenvalue weighted by molar-refractivity contribution is 4.73. The van der Waals surface area contributed by atoms with Gasteiger partial charge in [0.1, 0.15) is 0 Å². The maximum atomic E-state index is 9.66. The van der Waals surface area contributed by atoms with Crippen LogP contribution in [0.5, 0.6) is 0 Å². The van der Waals surface area contributed by atoms with E-state index in [1.165, 1.54) is 19.3 Å². The molecular weight excluding hydrogens is 160 g/mol. The second kappa shape index (κ2) is 6.42. The zero-order valence-electron chi connectivity index (χ0n) is 9.88. The van der Waals surface area contributed by atoms with Crippen LogP contribution in [0.3, 0.4) is 0 Å². The molecule has 0 aromatic heterocycles. The molecule has 0 fully saturated rings. The summed E-state index contributed by atoms with van der Waals surface area (Å²) in [4.78, 5) is 0. The van der Waals surface area contributed by atoms with Crippen LogP contribution in [-0.2, 0) is 0 Å². The average Bonchev–Trinajstić information content (AvgIpc) is 2.04. The Morgan fingerprint density at radius 3 is 1.92 bits per heavy atom. The smallest absolute Gasteiger partial charge is 0.0542 e. The van der Waals surface area contributed by atoms with E-state index in [2.05, 4.69) is 27.7 Å². The van der Waals surface area contributed by atoms with Crippen LogP contribution in [0, 0.1) is 17.8 Å². The molecule has 0 aliphatic rings. The van der Waals surface area contributed by atoms with Gasteiger partial charge in [-0.25, -0.2) is 0 Å². The molecule has 0 spiro atoms. The Hall–Kier alpha value is -0.0400. The van der Waals surface area contributed by atoms with Crippen molar-refractivity contribution in [3.63, 3.8) is 0 Å². The summed E-state index contributed by atoms with van der Waals surface area (Å²) in [5, 5.41) is 9.66. The first-order valence-electron chi connectivity index (χ1n) is 5.68. The molecular formula is C12H26O. The van der Waals surface area contributed by atoms with E-state index in [-0.39, 0.29) is 6.10 Å². The van der Waals surface area contributed by atoms with Crippen LogP contribution < -0.4 is 0 Å². The molecule has 0 aromatic carbocycles. The van der Waals surface area contributed by atoms with E-state index in [1.807, 2.05) is 6.92 Å². The standard InChI is InChI=1S/C12H26O/c1-6-7-8-12(11(5)13)10(4)9(2)3/h9-13H,6-8H2,1-5H3. The van der Waals surface area contributed by atoms with Gasteiger partial charge in [-0.15, -0.1) is 0 Å². The molecule has 0 heterocycles. The zero-order chi connectivity index (χ0) is 10.4. The molecule has 0 saturated carbocycles. The van der Waals surface area contributed by atoms with Crippen molar-refractivity contribution < 1.29 is 5.11 Å². The summed E-state index contributed by atoms with van der Waals surface area (Å²) in [6.07, 6.45) is 3.50. The minimum Gasteiger partial charge on any atom is -0.393 e. The SMILES string of the molecule is CCCCC(C(C)O)C(C)C(C)C. The largest absolute Gasteiger partial charge is 0.393 e. The maximum absolute atomic E-state index is 9.66. The molecule has 0 aliphatic carbocycles. The molecule has 0 aromatic rings. The predicted octanol–water partition coefficient (Wildman–Crippen LogP) is 3.47. The molecule has 13 heavy (non-hydrogen) atoms. The summed E-state index contributed by atoms with van der Waals surface area (Å²) in [5.41, 5.74) is 0. The fraction of sp³-hybridized carbons (Fsp3) is 1.00. The van der Waals surface area contributed by atoms with Gasteiger partial charge < -0.3 is 5.11 Å². The molecule has 1 N–H and O–H groups in total. The number of hydrogen-bond donors (Lipinski definition) is 1. The Bertz CT molecular complexity index is 118. The Balaban J connectivity index is 4.07. The quantitative estimate of drug-likeness (QED) is 0.673. The van der Waals surface area contributed by atoms with Gasteiger partial charge >= 0.3 is 0 Å². The van der Waals surface area contributed by atoms with Gasteiger partial charge in [0.05, 0.1) is 6.10 Å². The zero-order valence-corrected chi connectivity index (χ0v) is 9.88. The minimum absolute atomic E-state index is 0.149. The monoisotopic (exact) mass is 186 g/mol. The van der Waals surface area contributed by atoms with Gasteiger partial charge in [-0.3, -0.25) is 0 Å². The van der Waals surface area contributed by atoms with Gasteiger partial charge in [0.15, 0.2) is 0 Å². The highest BCUT2D eigenvalue weighted by Gasteiger charge is 2.23. The first-order valence-corrected chi connectivity index (χ1v) is 5.68. The lowest BCUT2D eigenvalue weighted by Crippen LogP contribution is -2.27. The molecule has 0 rings (SSSR count). The average molecular weight is 186 g/mol. The first kappa shape index (κ1) is 13.0. The lowest BCUT2D eigenvalue weighted by Gasteiger charge is -2.29. The van der Waals surface area contributed by atoms with Crippen LogP contribution in [0.25, 0.3) is 0 Å². The second-order valence-electron chi connectivity index (χ2n) is 4.65. The minimum atomic E-state index is -0.149. The second-order valence-corrected chi connectivity index (χ2v) is 4.65. The summed E-state index contributed by atoms with van der Waals surface area (Å²) in [6, 6.07) is 0. The number of aliphatic hydroxyl groups excluding tert-OH is 1. The summed E-state index contributed by atoms with van der Waals surface area (Å²) < 4.78 is 0. The van der Waals surface area contributed by atoms with Crippen molar-refractivity contribution in [3.8, 4) is 0 Å². The van der Waals surface area contributed by atoms with E-state index in [1.54, 1.807) is 0 Å². The van der Waals surface area contributed by atoms with Gasteiger partial charge in [0.25, 0.3) is 0 Å². The van der Waals surface area contributed by atoms with Crippen molar-refractivity contribution in [1.82, 2.24) is 0 Å². The predicted molar refractivity (Wildman–Crippen MR) is 58.7 cm³/mol. The number of unbranched alkanes of at least 4 members (excludes halogenated alkanes) is 1. The van der Waals surface area contributed by atoms with Crippen LogP contribution >= 0.6 is 0 Å². The lowest BCUT2D eigenvalue weighted by atomic mass is 9.79. The Morgan fingerprint density at radius 2 is 1.62 bits per heavy atom. The fourth-order valence-electron chi connectivity index (χ4n) is 1.88. The van der Waals surface area contributed by atoms with Gasteiger partial charge in [0, 0.05) is 0 Å². The third-order valence-corrected chi connectivity index (χ3v) is 3.24. The van der Waals surface area contributed by atoms with Crippen molar-refractivity contribution >= 4 is 0 Å². The highest BCUT2D eigenvalue weighted by Crippen LogP contribution is 2.27. The first-order chi connectivity index (χ1) is 6.00. The third-order valence-electron chi connectivity index (χ3n) is 3.24. The third kappa shape index (κ3) is 4.66. The molecule has 80 valence electrons. The molecule has 1 nitrogen and oxygen atoms in total. The van der Waals surface area contributed by atoms with E-state index >= 15 is 0 Å². The van der Waals surface area contributed by atoms with Gasteiger partial charge in [-0.05, 0) is 31.1 Å². The van der Waals surface area contributed by atoms with Crippen molar-refractivity contribution in [2.24, 2.45) is 17.8 Å².